The van der Waals surface area contributed by atoms with Gasteiger partial charge in [0.2, 0.25) is 5.91 Å². The van der Waals surface area contributed by atoms with Gasteiger partial charge in [-0.15, -0.1) is 0 Å². The Balaban J connectivity index is 1.90. The Kier molecular flexibility index (Phi) is 5.88. The fourth-order valence-electron chi connectivity index (χ4n) is 2.06. The second-order valence-corrected chi connectivity index (χ2v) is 5.52. The Labute approximate surface area is 147 Å². The van der Waals surface area contributed by atoms with E-state index in [0.717, 1.165) is 12.1 Å². The molecule has 25 heavy (non-hydrogen) atoms. The molecule has 0 aliphatic heterocycles. The third-order valence-electron chi connectivity index (χ3n) is 3.23. The first-order valence-electron chi connectivity index (χ1n) is 7.20. The third kappa shape index (κ3) is 5.40. The number of anilines is 2. The first kappa shape index (κ1) is 18.6. The molecule has 0 radical (unpaired) electrons. The van der Waals surface area contributed by atoms with Crippen molar-refractivity contribution < 1.29 is 18.0 Å². The zero-order valence-corrected chi connectivity index (χ0v) is 13.6. The van der Waals surface area contributed by atoms with E-state index in [0.29, 0.717) is 11.3 Å². The topological polar surface area (TPSA) is 64.9 Å². The summed E-state index contributed by atoms with van der Waals surface area (Å²) < 4.78 is 38.4. The van der Waals surface area contributed by atoms with Crippen molar-refractivity contribution in [3.05, 3.63) is 58.6 Å². The average Bonchev–Trinajstić information content (AvgIpc) is 2.55. The van der Waals surface area contributed by atoms with Gasteiger partial charge in [0.15, 0.2) is 0 Å². The lowest BCUT2D eigenvalue weighted by atomic mass is 10.2. The zero-order valence-electron chi connectivity index (χ0n) is 12.8. The second-order valence-electron chi connectivity index (χ2n) is 5.11. The van der Waals surface area contributed by atoms with E-state index in [1.165, 1.54) is 12.1 Å². The number of halogens is 4. The number of nitriles is 1. The molecule has 0 spiro atoms. The van der Waals surface area contributed by atoms with Crippen LogP contribution in [0, 0.1) is 11.3 Å². The second kappa shape index (κ2) is 7.90. The number of alkyl halides is 3. The van der Waals surface area contributed by atoms with Crippen molar-refractivity contribution in [2.24, 2.45) is 0 Å². The first-order chi connectivity index (χ1) is 11.8. The highest BCUT2D eigenvalue weighted by Crippen LogP contribution is 2.36. The Morgan fingerprint density at radius 3 is 2.60 bits per heavy atom. The number of rotatable bonds is 5. The van der Waals surface area contributed by atoms with Crippen LogP contribution >= 0.6 is 11.6 Å². The van der Waals surface area contributed by atoms with Gasteiger partial charge in [-0.3, -0.25) is 4.79 Å². The van der Waals surface area contributed by atoms with Gasteiger partial charge in [-0.05, 0) is 36.4 Å². The van der Waals surface area contributed by atoms with Crippen molar-refractivity contribution in [2.75, 3.05) is 17.2 Å². The molecule has 2 aromatic carbocycles. The van der Waals surface area contributed by atoms with Crippen LogP contribution in [0.2, 0.25) is 5.02 Å². The predicted octanol–water partition coefficient (Wildman–Crippen LogP) is 4.67. The number of carbonyl (C=O) groups excluding carboxylic acids is 1. The molecule has 2 N–H and O–H groups in total. The molecular weight excluding hydrogens is 355 g/mol. The van der Waals surface area contributed by atoms with E-state index in [4.69, 9.17) is 16.9 Å². The lowest BCUT2D eigenvalue weighted by molar-refractivity contribution is -0.137. The number of hydrogen-bond acceptors (Lipinski definition) is 3. The molecule has 0 aliphatic rings. The molecule has 2 aromatic rings. The number of hydrogen-bond donors (Lipinski definition) is 2. The van der Waals surface area contributed by atoms with Gasteiger partial charge in [-0.2, -0.15) is 18.4 Å². The van der Waals surface area contributed by atoms with Crippen molar-refractivity contribution in [3.63, 3.8) is 0 Å². The molecule has 0 heterocycles. The van der Waals surface area contributed by atoms with Gasteiger partial charge in [0.1, 0.15) is 0 Å². The quantitative estimate of drug-likeness (QED) is 0.807. The molecule has 0 atom stereocenters. The van der Waals surface area contributed by atoms with E-state index in [9.17, 15) is 18.0 Å². The average molecular weight is 368 g/mol. The van der Waals surface area contributed by atoms with Crippen molar-refractivity contribution in [2.45, 2.75) is 12.6 Å². The minimum atomic E-state index is -4.54. The largest absolute Gasteiger partial charge is 0.417 e. The van der Waals surface area contributed by atoms with E-state index < -0.39 is 11.7 Å². The summed E-state index contributed by atoms with van der Waals surface area (Å²) in [4.78, 5) is 11.8. The Bertz CT molecular complexity index is 816. The highest BCUT2D eigenvalue weighted by Gasteiger charge is 2.33. The monoisotopic (exact) mass is 367 g/mol. The van der Waals surface area contributed by atoms with Crippen LogP contribution in [0.4, 0.5) is 24.5 Å². The van der Waals surface area contributed by atoms with Crippen LogP contribution in [0.1, 0.15) is 17.5 Å². The van der Waals surface area contributed by atoms with Gasteiger partial charge >= 0.3 is 6.18 Å². The summed E-state index contributed by atoms with van der Waals surface area (Å²) in [5, 5.41) is 13.8. The Morgan fingerprint density at radius 1 is 1.16 bits per heavy atom. The Morgan fingerprint density at radius 2 is 1.92 bits per heavy atom. The standard InChI is InChI=1S/C17H13ClF3N3O/c18-15-5-4-12(9-14(15)17(19,20)21)23-7-6-16(25)24-13-3-1-2-11(8-13)10-22/h1-5,8-9,23H,6-7H2,(H,24,25). The summed E-state index contributed by atoms with van der Waals surface area (Å²) in [6, 6.07) is 11.8. The van der Waals surface area contributed by atoms with Crippen LogP contribution in [0.5, 0.6) is 0 Å². The Hall–Kier alpha value is -2.72. The molecule has 0 aliphatic carbocycles. The van der Waals surface area contributed by atoms with Crippen LogP contribution in [0.15, 0.2) is 42.5 Å². The maximum Gasteiger partial charge on any atom is 0.417 e. The smallest absolute Gasteiger partial charge is 0.385 e. The van der Waals surface area contributed by atoms with Gasteiger partial charge in [0.25, 0.3) is 0 Å². The maximum atomic E-state index is 12.8. The molecule has 2 rings (SSSR count). The van der Waals surface area contributed by atoms with Crippen LogP contribution in [-0.4, -0.2) is 12.5 Å². The molecule has 1 amide bonds. The van der Waals surface area contributed by atoms with E-state index in [2.05, 4.69) is 10.6 Å². The SMILES string of the molecule is N#Cc1cccc(NC(=O)CCNc2ccc(Cl)c(C(F)(F)F)c2)c1. The molecule has 0 saturated carbocycles. The zero-order chi connectivity index (χ0) is 18.4. The van der Waals surface area contributed by atoms with Gasteiger partial charge in [-0.1, -0.05) is 17.7 Å². The number of benzene rings is 2. The normalized spacial score (nSPS) is 10.8. The fourth-order valence-corrected chi connectivity index (χ4v) is 2.29. The number of nitrogens with one attached hydrogen (secondary N) is 2. The number of carbonyl (C=O) groups is 1. The molecule has 4 nitrogen and oxygen atoms in total. The molecule has 130 valence electrons. The lowest BCUT2D eigenvalue weighted by Crippen LogP contribution is -2.16. The van der Waals surface area contributed by atoms with Gasteiger partial charge < -0.3 is 10.6 Å². The number of nitrogens with zero attached hydrogens (tertiary/aromatic N) is 1. The molecular formula is C17H13ClF3N3O. The van der Waals surface area contributed by atoms with E-state index in [-0.39, 0.29) is 29.6 Å². The van der Waals surface area contributed by atoms with Gasteiger partial charge in [0.05, 0.1) is 22.2 Å². The van der Waals surface area contributed by atoms with Gasteiger partial charge in [-0.25, -0.2) is 0 Å². The number of amides is 1. The molecule has 0 saturated heterocycles. The van der Waals surface area contributed by atoms with Crippen molar-refractivity contribution in [1.29, 1.82) is 5.26 Å². The summed E-state index contributed by atoms with van der Waals surface area (Å²) in [5.41, 5.74) is 0.180. The highest BCUT2D eigenvalue weighted by atomic mass is 35.5. The minimum Gasteiger partial charge on any atom is -0.385 e. The summed E-state index contributed by atoms with van der Waals surface area (Å²) >= 11 is 5.55. The first-order valence-corrected chi connectivity index (χ1v) is 7.58. The lowest BCUT2D eigenvalue weighted by Gasteiger charge is -2.12. The molecule has 0 bridgehead atoms. The summed E-state index contributed by atoms with van der Waals surface area (Å²) in [6.45, 7) is 0.142. The van der Waals surface area contributed by atoms with Crippen LogP contribution in [0.3, 0.4) is 0 Å². The van der Waals surface area contributed by atoms with E-state index >= 15 is 0 Å². The fraction of sp³-hybridized carbons (Fsp3) is 0.176. The maximum absolute atomic E-state index is 12.8. The van der Waals surface area contributed by atoms with Crippen LogP contribution in [0.25, 0.3) is 0 Å². The summed E-state index contributed by atoms with van der Waals surface area (Å²) in [5.74, 6) is -0.326. The van der Waals surface area contributed by atoms with Crippen molar-refractivity contribution >= 4 is 28.9 Å². The highest BCUT2D eigenvalue weighted by molar-refractivity contribution is 6.31. The molecule has 0 unspecified atom stereocenters. The van der Waals surface area contributed by atoms with Crippen molar-refractivity contribution in [3.8, 4) is 6.07 Å². The summed E-state index contributed by atoms with van der Waals surface area (Å²) in [7, 11) is 0. The third-order valence-corrected chi connectivity index (χ3v) is 3.56. The van der Waals surface area contributed by atoms with E-state index in [1.54, 1.807) is 18.2 Å². The molecule has 8 heteroatoms. The molecule has 0 fully saturated rings. The van der Waals surface area contributed by atoms with E-state index in [1.807, 2.05) is 6.07 Å². The predicted molar refractivity (Wildman–Crippen MR) is 89.3 cm³/mol. The van der Waals surface area contributed by atoms with Crippen molar-refractivity contribution in [1.82, 2.24) is 0 Å². The minimum absolute atomic E-state index is 0.0424. The van der Waals surface area contributed by atoms with Gasteiger partial charge in [0, 0.05) is 24.3 Å². The summed E-state index contributed by atoms with van der Waals surface area (Å²) in [6.07, 6.45) is -4.50. The van der Waals surface area contributed by atoms with Crippen LogP contribution < -0.4 is 10.6 Å². The van der Waals surface area contributed by atoms with Crippen LogP contribution in [-0.2, 0) is 11.0 Å². The molecule has 0 aromatic heterocycles.